The first kappa shape index (κ1) is 18.2. The zero-order valence-electron chi connectivity index (χ0n) is 14.2. The van der Waals surface area contributed by atoms with Gasteiger partial charge in [0.2, 0.25) is 5.91 Å². The number of carbonyl (C=O) groups excluding carboxylic acids is 1. The minimum atomic E-state index is -1.30. The number of carbonyl (C=O) groups is 1. The predicted molar refractivity (Wildman–Crippen MR) is 97.3 cm³/mol. The Bertz CT molecular complexity index is 703. The molecular weight excluding hydrogens is 322 g/mol. The van der Waals surface area contributed by atoms with Gasteiger partial charge in [-0.25, -0.2) is 0 Å². The van der Waals surface area contributed by atoms with E-state index in [4.69, 9.17) is 4.74 Å². The summed E-state index contributed by atoms with van der Waals surface area (Å²) in [7, 11) is 0.298. The van der Waals surface area contributed by atoms with Gasteiger partial charge in [0.25, 0.3) is 0 Å². The lowest BCUT2D eigenvalue weighted by molar-refractivity contribution is -0.121. The fourth-order valence-electron chi connectivity index (χ4n) is 2.33. The van der Waals surface area contributed by atoms with Crippen molar-refractivity contribution in [2.75, 3.05) is 7.11 Å². The second-order valence-corrected chi connectivity index (χ2v) is 7.42. The topological polar surface area (TPSA) is 55.4 Å². The molecule has 0 heterocycles. The first-order valence-electron chi connectivity index (χ1n) is 7.86. The van der Waals surface area contributed by atoms with Crippen LogP contribution < -0.4 is 10.1 Å². The number of hydrogen-bond donors (Lipinski definition) is 1. The van der Waals surface area contributed by atoms with E-state index in [2.05, 4.69) is 5.32 Å². The summed E-state index contributed by atoms with van der Waals surface area (Å²) >= 11 is 0. The molecule has 0 saturated carbocycles. The maximum atomic E-state index is 12.5. The molecule has 0 spiro atoms. The van der Waals surface area contributed by atoms with Crippen molar-refractivity contribution in [2.24, 2.45) is 0 Å². The number of methoxy groups -OCH3 is 1. The fourth-order valence-corrected chi connectivity index (χ4v) is 3.39. The monoisotopic (exact) mass is 345 g/mol. The van der Waals surface area contributed by atoms with Crippen molar-refractivity contribution in [3.05, 3.63) is 65.7 Å². The highest BCUT2D eigenvalue weighted by Gasteiger charge is 2.22. The van der Waals surface area contributed by atoms with E-state index < -0.39 is 16.0 Å². The molecule has 2 aromatic rings. The largest absolute Gasteiger partial charge is 0.497 e. The van der Waals surface area contributed by atoms with E-state index in [-0.39, 0.29) is 11.9 Å². The third kappa shape index (κ3) is 4.93. The minimum absolute atomic E-state index is 0.116. The third-order valence-corrected chi connectivity index (χ3v) is 5.49. The van der Waals surface area contributed by atoms with Gasteiger partial charge in [0, 0.05) is 16.6 Å². The Balaban J connectivity index is 1.95. The molecule has 0 unspecified atom stereocenters. The van der Waals surface area contributed by atoms with Crippen molar-refractivity contribution in [2.45, 2.75) is 30.9 Å². The molecule has 2 rings (SSSR count). The van der Waals surface area contributed by atoms with Crippen LogP contribution in [0.1, 0.15) is 31.0 Å². The number of ether oxygens (including phenoxy) is 1. The van der Waals surface area contributed by atoms with Crippen LogP contribution in [-0.4, -0.2) is 22.5 Å². The number of hydrogen-bond acceptors (Lipinski definition) is 3. The number of amides is 1. The maximum Gasteiger partial charge on any atom is 0.235 e. The van der Waals surface area contributed by atoms with E-state index in [0.717, 1.165) is 16.9 Å². The zero-order valence-corrected chi connectivity index (χ0v) is 15.0. The van der Waals surface area contributed by atoms with Gasteiger partial charge in [-0.05, 0) is 37.1 Å². The maximum absolute atomic E-state index is 12.5. The molecule has 0 aliphatic rings. The zero-order chi connectivity index (χ0) is 17.5. The van der Waals surface area contributed by atoms with Crippen molar-refractivity contribution < 1.29 is 13.7 Å². The molecule has 0 aliphatic heterocycles. The van der Waals surface area contributed by atoms with Crippen LogP contribution >= 0.6 is 0 Å². The van der Waals surface area contributed by atoms with Gasteiger partial charge in [-0.15, -0.1) is 0 Å². The van der Waals surface area contributed by atoms with E-state index >= 15 is 0 Å². The Morgan fingerprint density at radius 1 is 1.12 bits per heavy atom. The Hall–Kier alpha value is -2.14. The van der Waals surface area contributed by atoms with Crippen LogP contribution in [0.5, 0.6) is 5.75 Å². The quantitative estimate of drug-likeness (QED) is 0.838. The Morgan fingerprint density at radius 3 is 2.50 bits per heavy atom. The molecule has 0 radical (unpaired) electrons. The molecule has 24 heavy (non-hydrogen) atoms. The van der Waals surface area contributed by atoms with Crippen LogP contribution in [0.3, 0.4) is 0 Å². The Morgan fingerprint density at radius 2 is 1.83 bits per heavy atom. The van der Waals surface area contributed by atoms with Crippen LogP contribution in [0.25, 0.3) is 0 Å². The van der Waals surface area contributed by atoms with Crippen molar-refractivity contribution in [1.29, 1.82) is 0 Å². The number of nitrogens with one attached hydrogen (secondary N) is 1. The lowest BCUT2D eigenvalue weighted by Gasteiger charge is -2.18. The molecule has 3 atom stereocenters. The molecule has 0 fully saturated rings. The molecule has 5 heteroatoms. The smallest absolute Gasteiger partial charge is 0.235 e. The van der Waals surface area contributed by atoms with E-state index in [1.165, 1.54) is 0 Å². The predicted octanol–water partition coefficient (Wildman–Crippen LogP) is 3.21. The average molecular weight is 345 g/mol. The van der Waals surface area contributed by atoms with Gasteiger partial charge >= 0.3 is 0 Å². The highest BCUT2D eigenvalue weighted by molar-refractivity contribution is 7.85. The van der Waals surface area contributed by atoms with Crippen LogP contribution in [0.4, 0.5) is 0 Å². The van der Waals surface area contributed by atoms with Gasteiger partial charge in [0.15, 0.2) is 0 Å². The molecule has 2 aromatic carbocycles. The summed E-state index contributed by atoms with van der Waals surface area (Å²) in [6.45, 7) is 3.62. The normalized spacial score (nSPS) is 14.5. The van der Waals surface area contributed by atoms with E-state index in [1.807, 2.05) is 61.5 Å². The first-order valence-corrected chi connectivity index (χ1v) is 9.25. The number of rotatable bonds is 7. The summed E-state index contributed by atoms with van der Waals surface area (Å²) < 4.78 is 17.6. The van der Waals surface area contributed by atoms with Gasteiger partial charge in [0.05, 0.1) is 13.2 Å². The van der Waals surface area contributed by atoms with Crippen molar-refractivity contribution in [3.63, 3.8) is 0 Å². The minimum Gasteiger partial charge on any atom is -0.497 e. The first-order chi connectivity index (χ1) is 11.5. The van der Waals surface area contributed by atoms with Gasteiger partial charge in [-0.1, -0.05) is 42.5 Å². The fraction of sp³-hybridized carbons (Fsp3) is 0.316. The van der Waals surface area contributed by atoms with Crippen molar-refractivity contribution >= 4 is 16.7 Å². The van der Waals surface area contributed by atoms with E-state index in [0.29, 0.717) is 5.75 Å². The molecule has 0 aliphatic carbocycles. The molecule has 1 N–H and O–H groups in total. The highest BCUT2D eigenvalue weighted by Crippen LogP contribution is 2.16. The molecule has 0 bridgehead atoms. The number of benzene rings is 2. The molecular formula is C19H23NO3S. The summed E-state index contributed by atoms with van der Waals surface area (Å²) in [5, 5.41) is 2.35. The van der Waals surface area contributed by atoms with Gasteiger partial charge in [-0.3, -0.25) is 9.00 Å². The average Bonchev–Trinajstić information content (AvgIpc) is 2.61. The van der Waals surface area contributed by atoms with Crippen LogP contribution in [0, 0.1) is 0 Å². The second kappa shape index (κ2) is 8.64. The lowest BCUT2D eigenvalue weighted by atomic mass is 10.1. The van der Waals surface area contributed by atoms with E-state index in [9.17, 15) is 9.00 Å². The summed E-state index contributed by atoms with van der Waals surface area (Å²) in [6, 6.07) is 17.0. The molecule has 0 saturated heterocycles. The Kier molecular flexibility index (Phi) is 6.55. The summed E-state index contributed by atoms with van der Waals surface area (Å²) in [5.74, 6) is 0.845. The van der Waals surface area contributed by atoms with Crippen molar-refractivity contribution in [1.82, 2.24) is 5.32 Å². The molecule has 4 nitrogen and oxygen atoms in total. The van der Waals surface area contributed by atoms with Crippen LogP contribution in [-0.2, 0) is 21.3 Å². The Labute approximate surface area is 145 Å². The molecule has 128 valence electrons. The lowest BCUT2D eigenvalue weighted by Crippen LogP contribution is -2.37. The standard InChI is InChI=1S/C19H23NO3S/c1-14(17-9-5-4-6-10-17)20-19(21)15(2)24(22)13-16-8-7-11-18(12-16)23-3/h4-12,14-15H,13H2,1-3H3,(H,20,21)/t14-,15+,24-/m1/s1. The van der Waals surface area contributed by atoms with Gasteiger partial charge in [0.1, 0.15) is 11.0 Å². The van der Waals surface area contributed by atoms with Gasteiger partial charge < -0.3 is 10.1 Å². The molecule has 1 amide bonds. The summed E-state index contributed by atoms with van der Waals surface area (Å²) in [5.41, 5.74) is 1.92. The van der Waals surface area contributed by atoms with Crippen LogP contribution in [0.2, 0.25) is 0 Å². The van der Waals surface area contributed by atoms with Crippen molar-refractivity contribution in [3.8, 4) is 5.75 Å². The third-order valence-electron chi connectivity index (χ3n) is 3.86. The summed E-state index contributed by atoms with van der Waals surface area (Å²) in [4.78, 5) is 12.4. The van der Waals surface area contributed by atoms with Gasteiger partial charge in [-0.2, -0.15) is 0 Å². The molecule has 0 aromatic heterocycles. The second-order valence-electron chi connectivity index (χ2n) is 5.66. The summed E-state index contributed by atoms with van der Waals surface area (Å²) in [6.07, 6.45) is 0. The highest BCUT2D eigenvalue weighted by atomic mass is 32.2. The SMILES string of the molecule is COc1cccc(C[S@@](=O)[C@@H](C)C(=O)N[C@H](C)c2ccccc2)c1. The van der Waals surface area contributed by atoms with E-state index in [1.54, 1.807) is 14.0 Å². The van der Waals surface area contributed by atoms with Crippen LogP contribution in [0.15, 0.2) is 54.6 Å².